The van der Waals surface area contributed by atoms with E-state index in [0.717, 1.165) is 29.0 Å². The third-order valence-electron chi connectivity index (χ3n) is 4.41. The molecule has 0 aliphatic carbocycles. The van der Waals surface area contributed by atoms with E-state index in [4.69, 9.17) is 14.2 Å². The van der Waals surface area contributed by atoms with Gasteiger partial charge in [0, 0.05) is 24.1 Å². The van der Waals surface area contributed by atoms with Crippen LogP contribution < -0.4 is 24.8 Å². The van der Waals surface area contributed by atoms with Gasteiger partial charge in [0.15, 0.2) is 6.61 Å². The second-order valence-corrected chi connectivity index (χ2v) is 6.79. The second-order valence-electron chi connectivity index (χ2n) is 6.79. The lowest BCUT2D eigenvalue weighted by atomic mass is 10.1. The van der Waals surface area contributed by atoms with Gasteiger partial charge in [-0.3, -0.25) is 9.59 Å². The molecule has 1 atom stereocenters. The van der Waals surface area contributed by atoms with Gasteiger partial charge in [-0.15, -0.1) is 0 Å². The van der Waals surface area contributed by atoms with E-state index < -0.39 is 0 Å². The third kappa shape index (κ3) is 5.88. The van der Waals surface area contributed by atoms with Crippen molar-refractivity contribution in [1.29, 1.82) is 0 Å². The van der Waals surface area contributed by atoms with E-state index in [2.05, 4.69) is 10.6 Å². The first-order chi connectivity index (χ1) is 14.0. The van der Waals surface area contributed by atoms with Crippen LogP contribution in [0.2, 0.25) is 0 Å². The van der Waals surface area contributed by atoms with Gasteiger partial charge in [-0.2, -0.15) is 0 Å². The van der Waals surface area contributed by atoms with Crippen molar-refractivity contribution in [3.05, 3.63) is 53.6 Å². The van der Waals surface area contributed by atoms with Crippen molar-refractivity contribution in [3.8, 4) is 17.2 Å². The van der Waals surface area contributed by atoms with Crippen molar-refractivity contribution in [3.63, 3.8) is 0 Å². The lowest BCUT2D eigenvalue weighted by Crippen LogP contribution is -2.38. The predicted molar refractivity (Wildman–Crippen MR) is 108 cm³/mol. The zero-order valence-corrected chi connectivity index (χ0v) is 16.7. The number of hydrogen-bond donors (Lipinski definition) is 2. The summed E-state index contributed by atoms with van der Waals surface area (Å²) >= 11 is 0. The fourth-order valence-electron chi connectivity index (χ4n) is 3.06. The molecule has 0 unspecified atom stereocenters. The van der Waals surface area contributed by atoms with Crippen LogP contribution in [0.15, 0.2) is 42.5 Å². The Labute approximate surface area is 170 Å². The van der Waals surface area contributed by atoms with Crippen LogP contribution in [0.1, 0.15) is 25.0 Å². The first-order valence-electron chi connectivity index (χ1n) is 9.71. The van der Waals surface area contributed by atoms with Gasteiger partial charge in [-0.05, 0) is 38.1 Å². The van der Waals surface area contributed by atoms with Crippen molar-refractivity contribution < 1.29 is 23.8 Å². The van der Waals surface area contributed by atoms with Gasteiger partial charge in [0.25, 0.3) is 5.91 Å². The second kappa shape index (κ2) is 9.82. The molecular formula is C22H26N2O5. The Balaban J connectivity index is 1.46. The average Bonchev–Trinajstić information content (AvgIpc) is 3.08. The summed E-state index contributed by atoms with van der Waals surface area (Å²) in [5, 5.41) is 5.34. The van der Waals surface area contributed by atoms with Crippen LogP contribution in [0.4, 0.5) is 0 Å². The first kappa shape index (κ1) is 20.5. The van der Waals surface area contributed by atoms with E-state index in [1.54, 1.807) is 12.1 Å². The molecule has 2 amide bonds. The molecule has 0 saturated heterocycles. The highest BCUT2D eigenvalue weighted by atomic mass is 16.5. The summed E-state index contributed by atoms with van der Waals surface area (Å²) in [4.78, 5) is 24.0. The molecule has 0 fully saturated rings. The van der Waals surface area contributed by atoms with Crippen LogP contribution in [-0.4, -0.2) is 37.7 Å². The Hall–Kier alpha value is -3.22. The van der Waals surface area contributed by atoms with Gasteiger partial charge in [-0.25, -0.2) is 0 Å². The summed E-state index contributed by atoms with van der Waals surface area (Å²) in [6.45, 7) is 4.49. The van der Waals surface area contributed by atoms with Crippen LogP contribution >= 0.6 is 0 Å². The number of nitrogens with one attached hydrogen (secondary N) is 2. The van der Waals surface area contributed by atoms with E-state index in [0.29, 0.717) is 12.4 Å². The van der Waals surface area contributed by atoms with Crippen LogP contribution in [0.3, 0.4) is 0 Å². The van der Waals surface area contributed by atoms with Gasteiger partial charge >= 0.3 is 0 Å². The van der Waals surface area contributed by atoms with Crippen LogP contribution in [0, 0.1) is 0 Å². The Morgan fingerprint density at radius 2 is 1.90 bits per heavy atom. The lowest BCUT2D eigenvalue weighted by Gasteiger charge is -2.13. The number of amides is 2. The molecule has 2 N–H and O–H groups in total. The summed E-state index contributed by atoms with van der Waals surface area (Å²) < 4.78 is 16.8. The predicted octanol–water partition coefficient (Wildman–Crippen LogP) is 2.22. The smallest absolute Gasteiger partial charge is 0.258 e. The molecule has 0 saturated carbocycles. The molecule has 3 rings (SSSR count). The zero-order valence-electron chi connectivity index (χ0n) is 16.7. The molecule has 2 aromatic carbocycles. The summed E-state index contributed by atoms with van der Waals surface area (Å²) in [6, 6.07) is 12.9. The minimum absolute atomic E-state index is 0.126. The standard InChI is InChI=1S/C22H26N2O5/c1-3-27-19-10-16-9-15(2)29-20(16)11-17(19)12-23-21(25)13-24-22(26)14-28-18-7-5-4-6-8-18/h4-8,10-11,15H,3,9,12-14H2,1-2H3,(H,23,25)(H,24,26)/t15-/m1/s1. The summed E-state index contributed by atoms with van der Waals surface area (Å²) in [6.07, 6.45) is 0.983. The number of carbonyl (C=O) groups excluding carboxylic acids is 2. The Bertz CT molecular complexity index is 854. The fourth-order valence-corrected chi connectivity index (χ4v) is 3.06. The van der Waals surface area contributed by atoms with E-state index in [1.807, 2.05) is 44.2 Å². The normalized spacial score (nSPS) is 14.5. The highest BCUT2D eigenvalue weighted by Gasteiger charge is 2.22. The molecule has 0 aromatic heterocycles. The minimum atomic E-state index is -0.362. The molecule has 1 aliphatic heterocycles. The Kier molecular flexibility index (Phi) is 6.94. The minimum Gasteiger partial charge on any atom is -0.494 e. The number of hydrogen-bond acceptors (Lipinski definition) is 5. The van der Waals surface area contributed by atoms with Gasteiger partial charge in [0.1, 0.15) is 23.4 Å². The molecule has 1 aliphatic rings. The molecule has 2 aromatic rings. The summed E-state index contributed by atoms with van der Waals surface area (Å²) in [5.74, 6) is 1.51. The third-order valence-corrected chi connectivity index (χ3v) is 4.41. The molecular weight excluding hydrogens is 372 g/mol. The Morgan fingerprint density at radius 3 is 2.66 bits per heavy atom. The monoisotopic (exact) mass is 398 g/mol. The number of para-hydroxylation sites is 1. The van der Waals surface area contributed by atoms with Crippen molar-refractivity contribution in [2.45, 2.75) is 32.9 Å². The Morgan fingerprint density at radius 1 is 1.10 bits per heavy atom. The maximum atomic E-state index is 12.1. The maximum absolute atomic E-state index is 12.1. The number of rotatable bonds is 9. The molecule has 0 radical (unpaired) electrons. The lowest BCUT2D eigenvalue weighted by molar-refractivity contribution is -0.127. The van der Waals surface area contributed by atoms with Crippen molar-refractivity contribution in [2.24, 2.45) is 0 Å². The highest BCUT2D eigenvalue weighted by Crippen LogP contribution is 2.35. The number of carbonyl (C=O) groups is 2. The summed E-state index contributed by atoms with van der Waals surface area (Å²) in [5.41, 5.74) is 1.95. The number of ether oxygens (including phenoxy) is 3. The number of benzene rings is 2. The molecule has 0 spiro atoms. The van der Waals surface area contributed by atoms with Gasteiger partial charge in [-0.1, -0.05) is 18.2 Å². The molecule has 154 valence electrons. The van der Waals surface area contributed by atoms with Crippen molar-refractivity contribution >= 4 is 11.8 Å². The van der Waals surface area contributed by atoms with Crippen LogP contribution in [-0.2, 0) is 22.6 Å². The first-order valence-corrected chi connectivity index (χ1v) is 9.71. The SMILES string of the molecule is CCOc1cc2c(cc1CNC(=O)CNC(=O)COc1ccccc1)O[C@H](C)C2. The molecule has 7 heteroatoms. The molecule has 29 heavy (non-hydrogen) atoms. The number of fused-ring (bicyclic) bond motifs is 1. The van der Waals surface area contributed by atoms with E-state index in [-0.39, 0.29) is 37.6 Å². The highest BCUT2D eigenvalue weighted by molar-refractivity contribution is 5.85. The van der Waals surface area contributed by atoms with E-state index in [9.17, 15) is 9.59 Å². The largest absolute Gasteiger partial charge is 0.494 e. The molecule has 0 bridgehead atoms. The van der Waals surface area contributed by atoms with Gasteiger partial charge in [0.05, 0.1) is 13.2 Å². The topological polar surface area (TPSA) is 85.9 Å². The molecule has 7 nitrogen and oxygen atoms in total. The van der Waals surface area contributed by atoms with Crippen molar-refractivity contribution in [1.82, 2.24) is 10.6 Å². The van der Waals surface area contributed by atoms with Crippen molar-refractivity contribution in [2.75, 3.05) is 19.8 Å². The molecule has 1 heterocycles. The summed E-state index contributed by atoms with van der Waals surface area (Å²) in [7, 11) is 0. The van der Waals surface area contributed by atoms with Crippen LogP contribution in [0.5, 0.6) is 17.2 Å². The van der Waals surface area contributed by atoms with Gasteiger partial charge < -0.3 is 24.8 Å². The zero-order chi connectivity index (χ0) is 20.6. The quantitative estimate of drug-likeness (QED) is 0.677. The van der Waals surface area contributed by atoms with Gasteiger partial charge in [0.2, 0.25) is 5.91 Å². The maximum Gasteiger partial charge on any atom is 0.258 e. The van der Waals surface area contributed by atoms with E-state index >= 15 is 0 Å². The van der Waals surface area contributed by atoms with Crippen LogP contribution in [0.25, 0.3) is 0 Å². The van der Waals surface area contributed by atoms with E-state index in [1.165, 1.54) is 0 Å². The average molecular weight is 398 g/mol. The fraction of sp³-hybridized carbons (Fsp3) is 0.364.